The monoisotopic (exact) mass is 358 g/mol. The van der Waals surface area contributed by atoms with Crippen molar-refractivity contribution in [3.05, 3.63) is 45.1 Å². The zero-order valence-corrected chi connectivity index (χ0v) is 12.7. The van der Waals surface area contributed by atoms with Gasteiger partial charge in [0.2, 0.25) is 0 Å². The Morgan fingerprint density at radius 1 is 1.45 bits per heavy atom. The van der Waals surface area contributed by atoms with Crippen molar-refractivity contribution in [1.82, 2.24) is 9.78 Å². The van der Waals surface area contributed by atoms with E-state index >= 15 is 0 Å². The van der Waals surface area contributed by atoms with Crippen molar-refractivity contribution in [2.45, 2.75) is 12.8 Å². The fraction of sp³-hybridized carbons (Fsp3) is 0.231. The summed E-state index contributed by atoms with van der Waals surface area (Å²) in [6, 6.07) is 5.17. The van der Waals surface area contributed by atoms with Gasteiger partial charge >= 0.3 is 5.97 Å². The quantitative estimate of drug-likeness (QED) is 0.861. The number of aryl methyl sites for hydroxylation is 1. The number of nitrogens with zero attached hydrogens (tertiary/aromatic N) is 2. The van der Waals surface area contributed by atoms with Crippen LogP contribution in [0.5, 0.6) is 0 Å². The van der Waals surface area contributed by atoms with E-state index < -0.39 is 5.97 Å². The predicted octanol–water partition coefficient (Wildman–Crippen LogP) is 2.91. The SMILES string of the molecule is O=C(O)c1nn(-c2ccc(Cl)cc2Br)cc1CCCO. The van der Waals surface area contributed by atoms with E-state index in [9.17, 15) is 4.79 Å². The number of hydrogen-bond donors (Lipinski definition) is 2. The number of carboxylic acids is 1. The molecule has 0 amide bonds. The Bertz CT molecular complexity index is 643. The van der Waals surface area contributed by atoms with E-state index in [1.807, 2.05) is 0 Å². The lowest BCUT2D eigenvalue weighted by atomic mass is 10.1. The molecule has 0 atom stereocenters. The third-order valence-electron chi connectivity index (χ3n) is 2.75. The third-order valence-corrected chi connectivity index (χ3v) is 3.62. The van der Waals surface area contributed by atoms with Crippen molar-refractivity contribution >= 4 is 33.5 Å². The smallest absolute Gasteiger partial charge is 0.356 e. The molecular weight excluding hydrogens is 348 g/mol. The Hall–Kier alpha value is -1.37. The topological polar surface area (TPSA) is 75.3 Å². The van der Waals surface area contributed by atoms with Gasteiger partial charge in [0.15, 0.2) is 5.69 Å². The van der Waals surface area contributed by atoms with E-state index in [1.54, 1.807) is 24.4 Å². The third kappa shape index (κ3) is 3.20. The van der Waals surface area contributed by atoms with E-state index in [0.29, 0.717) is 29.1 Å². The van der Waals surface area contributed by atoms with Crippen LogP contribution < -0.4 is 0 Å². The predicted molar refractivity (Wildman–Crippen MR) is 78.6 cm³/mol. The molecule has 20 heavy (non-hydrogen) atoms. The zero-order valence-electron chi connectivity index (χ0n) is 10.4. The second kappa shape index (κ2) is 6.39. The van der Waals surface area contributed by atoms with Crippen molar-refractivity contribution in [3.63, 3.8) is 0 Å². The molecule has 106 valence electrons. The van der Waals surface area contributed by atoms with Crippen LogP contribution in [0.1, 0.15) is 22.5 Å². The Kier molecular flexibility index (Phi) is 4.80. The maximum Gasteiger partial charge on any atom is 0.356 e. The molecule has 0 fully saturated rings. The summed E-state index contributed by atoms with van der Waals surface area (Å²) in [5.41, 5.74) is 1.29. The van der Waals surface area contributed by atoms with Gasteiger partial charge in [-0.2, -0.15) is 5.10 Å². The number of aliphatic hydroxyl groups excluding tert-OH is 1. The number of aromatic carboxylic acids is 1. The number of carboxylic acid groups (broad SMARTS) is 1. The van der Waals surface area contributed by atoms with Gasteiger partial charge in [-0.25, -0.2) is 9.48 Å². The average molecular weight is 360 g/mol. The second-order valence-corrected chi connectivity index (χ2v) is 5.47. The van der Waals surface area contributed by atoms with Crippen LogP contribution in [0.25, 0.3) is 5.69 Å². The highest BCUT2D eigenvalue weighted by Gasteiger charge is 2.17. The van der Waals surface area contributed by atoms with Gasteiger partial charge in [-0.3, -0.25) is 0 Å². The number of aliphatic hydroxyl groups is 1. The molecule has 0 aliphatic carbocycles. The molecule has 0 saturated heterocycles. The lowest BCUT2D eigenvalue weighted by Crippen LogP contribution is -2.03. The van der Waals surface area contributed by atoms with E-state index in [4.69, 9.17) is 21.8 Å². The highest BCUT2D eigenvalue weighted by Crippen LogP contribution is 2.25. The van der Waals surface area contributed by atoms with Crippen LogP contribution in [0.4, 0.5) is 0 Å². The molecule has 0 aliphatic rings. The first-order valence-electron chi connectivity index (χ1n) is 5.91. The number of benzene rings is 1. The number of halogens is 2. The molecule has 5 nitrogen and oxygen atoms in total. The fourth-order valence-electron chi connectivity index (χ4n) is 1.83. The summed E-state index contributed by atoms with van der Waals surface area (Å²) in [7, 11) is 0. The molecule has 0 unspecified atom stereocenters. The van der Waals surface area contributed by atoms with Crippen LogP contribution in [0.15, 0.2) is 28.9 Å². The normalized spacial score (nSPS) is 10.8. The van der Waals surface area contributed by atoms with Crippen LogP contribution in [-0.4, -0.2) is 32.6 Å². The Labute approximate surface area is 128 Å². The highest BCUT2D eigenvalue weighted by molar-refractivity contribution is 9.10. The Morgan fingerprint density at radius 3 is 2.80 bits per heavy atom. The number of aromatic nitrogens is 2. The standard InChI is InChI=1S/C13H12BrClN2O3/c14-10-6-9(15)3-4-11(10)17-7-8(2-1-5-18)12(16-17)13(19)20/h3-4,6-7,18H,1-2,5H2,(H,19,20). The van der Waals surface area contributed by atoms with Gasteiger partial charge in [-0.1, -0.05) is 11.6 Å². The van der Waals surface area contributed by atoms with E-state index in [2.05, 4.69) is 21.0 Å². The van der Waals surface area contributed by atoms with Crippen LogP contribution >= 0.6 is 27.5 Å². The first-order chi connectivity index (χ1) is 9.52. The molecule has 1 heterocycles. The number of carbonyl (C=O) groups is 1. The van der Waals surface area contributed by atoms with Gasteiger partial charge < -0.3 is 10.2 Å². The zero-order chi connectivity index (χ0) is 14.7. The summed E-state index contributed by atoms with van der Waals surface area (Å²) >= 11 is 9.25. The van der Waals surface area contributed by atoms with Crippen molar-refractivity contribution in [1.29, 1.82) is 0 Å². The van der Waals surface area contributed by atoms with Crippen molar-refractivity contribution in [2.75, 3.05) is 6.61 Å². The summed E-state index contributed by atoms with van der Waals surface area (Å²) in [5, 5.41) is 22.7. The molecule has 0 radical (unpaired) electrons. The minimum Gasteiger partial charge on any atom is -0.476 e. The first kappa shape index (κ1) is 15.0. The molecule has 1 aromatic carbocycles. The van der Waals surface area contributed by atoms with E-state index in [1.165, 1.54) is 4.68 Å². The van der Waals surface area contributed by atoms with Gasteiger partial charge in [-0.15, -0.1) is 0 Å². The molecule has 0 aliphatic heterocycles. The number of hydrogen-bond acceptors (Lipinski definition) is 3. The number of rotatable bonds is 5. The molecule has 0 saturated carbocycles. The van der Waals surface area contributed by atoms with Crippen LogP contribution in [0.3, 0.4) is 0 Å². The summed E-state index contributed by atoms with van der Waals surface area (Å²) in [5.74, 6) is -1.08. The van der Waals surface area contributed by atoms with Gasteiger partial charge in [0.25, 0.3) is 0 Å². The average Bonchev–Trinajstić information content (AvgIpc) is 2.80. The van der Waals surface area contributed by atoms with Crippen molar-refractivity contribution < 1.29 is 15.0 Å². The lowest BCUT2D eigenvalue weighted by Gasteiger charge is -2.04. The summed E-state index contributed by atoms with van der Waals surface area (Å²) in [4.78, 5) is 11.2. The minimum absolute atomic E-state index is 0.000278. The van der Waals surface area contributed by atoms with Gasteiger partial charge in [0, 0.05) is 27.9 Å². The molecule has 2 rings (SSSR count). The molecule has 7 heteroatoms. The van der Waals surface area contributed by atoms with Crippen molar-refractivity contribution in [3.8, 4) is 5.69 Å². The second-order valence-electron chi connectivity index (χ2n) is 4.18. The largest absolute Gasteiger partial charge is 0.476 e. The van der Waals surface area contributed by atoms with Gasteiger partial charge in [-0.05, 0) is 47.0 Å². The van der Waals surface area contributed by atoms with Gasteiger partial charge in [0.05, 0.1) is 5.69 Å². The van der Waals surface area contributed by atoms with Gasteiger partial charge in [0.1, 0.15) is 0 Å². The molecular formula is C13H12BrClN2O3. The molecule has 0 bridgehead atoms. The highest BCUT2D eigenvalue weighted by atomic mass is 79.9. The molecule has 2 aromatic rings. The maximum atomic E-state index is 11.2. The van der Waals surface area contributed by atoms with E-state index in [-0.39, 0.29) is 12.3 Å². The molecule has 1 aromatic heterocycles. The first-order valence-corrected chi connectivity index (χ1v) is 7.08. The minimum atomic E-state index is -1.08. The molecule has 0 spiro atoms. The van der Waals surface area contributed by atoms with Crippen molar-refractivity contribution in [2.24, 2.45) is 0 Å². The summed E-state index contributed by atoms with van der Waals surface area (Å²) in [6.07, 6.45) is 2.62. The van der Waals surface area contributed by atoms with E-state index in [0.717, 1.165) is 4.47 Å². The lowest BCUT2D eigenvalue weighted by molar-refractivity contribution is 0.0688. The van der Waals surface area contributed by atoms with Crippen LogP contribution in [0.2, 0.25) is 5.02 Å². The van der Waals surface area contributed by atoms with Crippen LogP contribution in [-0.2, 0) is 6.42 Å². The van der Waals surface area contributed by atoms with Crippen LogP contribution in [0, 0.1) is 0 Å². The molecule has 2 N–H and O–H groups in total. The maximum absolute atomic E-state index is 11.2. The fourth-order valence-corrected chi connectivity index (χ4v) is 2.70. The Morgan fingerprint density at radius 2 is 2.20 bits per heavy atom. The Balaban J connectivity index is 2.44. The summed E-state index contributed by atoms with van der Waals surface area (Å²) in [6.45, 7) is 0.00881. The summed E-state index contributed by atoms with van der Waals surface area (Å²) < 4.78 is 2.22.